The maximum absolute atomic E-state index is 12.8. The molecule has 1 aromatic rings. The van der Waals surface area contributed by atoms with Crippen LogP contribution in [-0.4, -0.2) is 78.1 Å². The number of likely N-dealkylation sites (N-methyl/N-ethyl adjacent to an activating group) is 2. The number of hydrogen-bond acceptors (Lipinski definition) is 6. The maximum atomic E-state index is 12.8. The van der Waals surface area contributed by atoms with E-state index in [1.807, 2.05) is 28.8 Å². The fourth-order valence-electron chi connectivity index (χ4n) is 3.17. The number of ether oxygens (including phenoxy) is 1. The monoisotopic (exact) mass is 399 g/mol. The number of carbonyl (C=O) groups is 2. The molecule has 1 unspecified atom stereocenters. The molecule has 0 spiro atoms. The lowest BCUT2D eigenvalue weighted by Crippen LogP contribution is -2.61. The van der Waals surface area contributed by atoms with Crippen molar-refractivity contribution < 1.29 is 18.9 Å². The van der Waals surface area contributed by atoms with E-state index in [4.69, 9.17) is 4.74 Å². The second-order valence-electron chi connectivity index (χ2n) is 7.45. The maximum Gasteiger partial charge on any atom is 0.413 e. The smallest absolute Gasteiger partial charge is 0.413 e. The zero-order valence-electron chi connectivity index (χ0n) is 17.4. The largest absolute Gasteiger partial charge is 0.497 e. The quantitative estimate of drug-likeness (QED) is 0.444. The summed E-state index contributed by atoms with van der Waals surface area (Å²) in [5.41, 5.74) is 3.83. The SMILES string of the molecule is COc1ccc(/C=N/NC2=[N+](CCC(C)C)C3C(=O)N(C)C(=O)N(C)C3=N2)cc1. The van der Waals surface area contributed by atoms with Gasteiger partial charge in [0.05, 0.1) is 19.9 Å². The summed E-state index contributed by atoms with van der Waals surface area (Å²) in [5, 5.41) is 4.27. The van der Waals surface area contributed by atoms with E-state index in [1.54, 1.807) is 20.4 Å². The van der Waals surface area contributed by atoms with Crippen LogP contribution >= 0.6 is 0 Å². The van der Waals surface area contributed by atoms with Crippen LogP contribution in [0.15, 0.2) is 34.4 Å². The van der Waals surface area contributed by atoms with Crippen molar-refractivity contribution in [1.29, 1.82) is 0 Å². The highest BCUT2D eigenvalue weighted by Gasteiger charge is 2.51. The molecule has 0 radical (unpaired) electrons. The molecule has 0 aliphatic carbocycles. The summed E-state index contributed by atoms with van der Waals surface area (Å²) >= 11 is 0. The Kier molecular flexibility index (Phi) is 5.95. The van der Waals surface area contributed by atoms with Gasteiger partial charge in [0, 0.05) is 14.1 Å². The molecule has 1 saturated heterocycles. The third-order valence-electron chi connectivity index (χ3n) is 4.97. The Balaban J connectivity index is 1.85. The molecule has 1 atom stereocenters. The third-order valence-corrected chi connectivity index (χ3v) is 4.97. The highest BCUT2D eigenvalue weighted by atomic mass is 16.5. The average molecular weight is 399 g/mol. The lowest BCUT2D eigenvalue weighted by molar-refractivity contribution is -0.538. The van der Waals surface area contributed by atoms with Crippen LogP contribution in [0.25, 0.3) is 0 Å². The van der Waals surface area contributed by atoms with E-state index < -0.39 is 12.1 Å². The molecular weight excluding hydrogens is 372 g/mol. The summed E-state index contributed by atoms with van der Waals surface area (Å²) in [6, 6.07) is 6.45. The van der Waals surface area contributed by atoms with E-state index in [0.717, 1.165) is 22.6 Å². The first kappa shape index (κ1) is 20.5. The number of fused-ring (bicyclic) bond motifs is 1. The lowest BCUT2D eigenvalue weighted by Gasteiger charge is -2.31. The molecular formula is C20H27N6O3+. The van der Waals surface area contributed by atoms with Gasteiger partial charge in [0.15, 0.2) is 0 Å². The third kappa shape index (κ3) is 4.13. The van der Waals surface area contributed by atoms with E-state index in [-0.39, 0.29) is 5.91 Å². The molecule has 2 heterocycles. The van der Waals surface area contributed by atoms with E-state index in [2.05, 4.69) is 29.4 Å². The molecule has 1 N–H and O–H groups in total. The van der Waals surface area contributed by atoms with Gasteiger partial charge in [0.2, 0.25) is 11.9 Å². The molecule has 3 rings (SSSR count). The Morgan fingerprint density at radius 3 is 2.55 bits per heavy atom. The van der Waals surface area contributed by atoms with Crippen LogP contribution in [0.5, 0.6) is 5.75 Å². The number of nitrogens with zero attached hydrogens (tertiary/aromatic N) is 5. The Labute approximate surface area is 170 Å². The molecule has 29 heavy (non-hydrogen) atoms. The van der Waals surface area contributed by atoms with Gasteiger partial charge < -0.3 is 4.74 Å². The number of guanidine groups is 1. The van der Waals surface area contributed by atoms with Gasteiger partial charge in [-0.1, -0.05) is 18.8 Å². The molecule has 9 nitrogen and oxygen atoms in total. The molecule has 2 aliphatic rings. The van der Waals surface area contributed by atoms with Crippen molar-refractivity contribution in [3.8, 4) is 5.75 Å². The van der Waals surface area contributed by atoms with Crippen molar-refractivity contribution >= 4 is 29.9 Å². The van der Waals surface area contributed by atoms with Gasteiger partial charge >= 0.3 is 12.0 Å². The number of nitrogens with one attached hydrogen (secondary N) is 1. The zero-order chi connectivity index (χ0) is 21.1. The van der Waals surface area contributed by atoms with Crippen LogP contribution in [0, 0.1) is 5.92 Å². The van der Waals surface area contributed by atoms with E-state index in [0.29, 0.717) is 24.3 Å². The second kappa shape index (κ2) is 8.42. The highest BCUT2D eigenvalue weighted by molar-refractivity contribution is 6.22. The molecule has 3 amide bonds. The number of aliphatic imine (C=N–C) groups is 1. The molecule has 9 heteroatoms. The predicted molar refractivity (Wildman–Crippen MR) is 110 cm³/mol. The average Bonchev–Trinajstić information content (AvgIpc) is 3.08. The number of carbonyl (C=O) groups excluding carboxylic acids is 2. The van der Waals surface area contributed by atoms with Crippen LogP contribution in [0.3, 0.4) is 0 Å². The van der Waals surface area contributed by atoms with Gasteiger partial charge in [-0.05, 0) is 42.2 Å². The number of benzene rings is 1. The van der Waals surface area contributed by atoms with Crippen molar-refractivity contribution in [3.05, 3.63) is 29.8 Å². The fourth-order valence-corrected chi connectivity index (χ4v) is 3.17. The van der Waals surface area contributed by atoms with Crippen molar-refractivity contribution in [2.75, 3.05) is 27.7 Å². The van der Waals surface area contributed by atoms with Gasteiger partial charge in [-0.25, -0.2) is 9.37 Å². The molecule has 1 aromatic carbocycles. The van der Waals surface area contributed by atoms with Gasteiger partial charge in [-0.2, -0.15) is 5.43 Å². The molecule has 2 aliphatic heterocycles. The Bertz CT molecular complexity index is 888. The van der Waals surface area contributed by atoms with Crippen LogP contribution < -0.4 is 10.2 Å². The number of rotatable bonds is 6. The first-order chi connectivity index (χ1) is 13.8. The number of amides is 3. The predicted octanol–water partition coefficient (Wildman–Crippen LogP) is 1.34. The van der Waals surface area contributed by atoms with E-state index >= 15 is 0 Å². The lowest BCUT2D eigenvalue weighted by atomic mass is 10.1. The summed E-state index contributed by atoms with van der Waals surface area (Å²) < 4.78 is 7.03. The van der Waals surface area contributed by atoms with Gasteiger partial charge in [0.25, 0.3) is 5.91 Å². The topological polar surface area (TPSA) is 89.6 Å². The van der Waals surface area contributed by atoms with Crippen LogP contribution in [0.1, 0.15) is 25.8 Å². The van der Waals surface area contributed by atoms with E-state index in [1.165, 1.54) is 11.9 Å². The molecule has 0 saturated carbocycles. The van der Waals surface area contributed by atoms with Crippen LogP contribution in [0.2, 0.25) is 0 Å². The molecule has 0 bridgehead atoms. The molecule has 1 fully saturated rings. The normalized spacial score (nSPS) is 19.4. The summed E-state index contributed by atoms with van der Waals surface area (Å²) in [7, 11) is 4.74. The van der Waals surface area contributed by atoms with Gasteiger partial charge in [0.1, 0.15) is 5.75 Å². The minimum atomic E-state index is -0.625. The fraction of sp³-hybridized carbons (Fsp3) is 0.450. The van der Waals surface area contributed by atoms with E-state index in [9.17, 15) is 9.59 Å². The zero-order valence-corrected chi connectivity index (χ0v) is 17.4. The van der Waals surface area contributed by atoms with Crippen molar-refractivity contribution in [2.24, 2.45) is 16.0 Å². The highest BCUT2D eigenvalue weighted by Crippen LogP contribution is 2.19. The summed E-state index contributed by atoms with van der Waals surface area (Å²) in [6.07, 6.45) is 2.54. The van der Waals surface area contributed by atoms with Crippen molar-refractivity contribution in [1.82, 2.24) is 15.2 Å². The standard InChI is InChI=1S/C20H26N6O3/c1-13(2)10-11-26-16-17(24(3)20(28)25(4)18(16)27)22-19(26)23-21-12-14-6-8-15(29-5)9-7-14/h6-9,12-13,16H,10-11H2,1-5H3/p+1/b21-12+. The summed E-state index contributed by atoms with van der Waals surface area (Å²) in [4.78, 5) is 32.1. The van der Waals surface area contributed by atoms with Crippen LogP contribution in [0.4, 0.5) is 4.79 Å². The van der Waals surface area contributed by atoms with Crippen LogP contribution in [-0.2, 0) is 4.79 Å². The minimum absolute atomic E-state index is 0.286. The Morgan fingerprint density at radius 1 is 1.24 bits per heavy atom. The summed E-state index contributed by atoms with van der Waals surface area (Å²) in [6.45, 7) is 4.87. The Hall–Kier alpha value is -3.23. The number of amidine groups is 1. The number of urea groups is 1. The Morgan fingerprint density at radius 2 is 1.93 bits per heavy atom. The number of methoxy groups -OCH3 is 1. The first-order valence-electron chi connectivity index (χ1n) is 9.54. The number of hydrazone groups is 1. The molecule has 0 aromatic heterocycles. The summed E-state index contributed by atoms with van der Waals surface area (Å²) in [5.74, 6) is 1.82. The second-order valence-corrected chi connectivity index (χ2v) is 7.45. The number of imide groups is 1. The van der Waals surface area contributed by atoms with Crippen molar-refractivity contribution in [2.45, 2.75) is 26.3 Å². The first-order valence-corrected chi connectivity index (χ1v) is 9.54. The van der Waals surface area contributed by atoms with Gasteiger partial charge in [-0.15, -0.1) is 5.10 Å². The van der Waals surface area contributed by atoms with Gasteiger partial charge in [-0.3, -0.25) is 14.6 Å². The van der Waals surface area contributed by atoms with Crippen molar-refractivity contribution in [3.63, 3.8) is 0 Å². The number of hydrogen-bond donors (Lipinski definition) is 1. The minimum Gasteiger partial charge on any atom is -0.497 e. The molecule has 154 valence electrons.